The topological polar surface area (TPSA) is 114 Å². The predicted molar refractivity (Wildman–Crippen MR) is 124 cm³/mol. The smallest absolute Gasteiger partial charge is 0.394 e. The lowest BCUT2D eigenvalue weighted by Gasteiger charge is -2.28. The molecule has 0 saturated heterocycles. The maximum Gasteiger partial charge on any atom is 0.416 e. The van der Waals surface area contributed by atoms with Crippen molar-refractivity contribution in [1.82, 2.24) is 19.7 Å². The lowest BCUT2D eigenvalue weighted by molar-refractivity contribution is -0.143. The van der Waals surface area contributed by atoms with Crippen LogP contribution in [0, 0.1) is 0 Å². The van der Waals surface area contributed by atoms with Crippen LogP contribution >= 0.6 is 0 Å². The van der Waals surface area contributed by atoms with Crippen LogP contribution in [0.15, 0.2) is 36.8 Å². The molecule has 1 fully saturated rings. The van der Waals surface area contributed by atoms with Crippen LogP contribution < -0.4 is 16.4 Å². The first-order valence-electron chi connectivity index (χ1n) is 11.5. The zero-order valence-corrected chi connectivity index (χ0v) is 19.4. The lowest BCUT2D eigenvalue weighted by atomic mass is 9.91. The summed E-state index contributed by atoms with van der Waals surface area (Å²) in [6, 6.07) is 1.31. The third kappa shape index (κ3) is 6.68. The van der Waals surface area contributed by atoms with Gasteiger partial charge < -0.3 is 21.5 Å². The Hall–Kier alpha value is -3.39. The molecule has 14 heteroatoms. The Morgan fingerprint density at radius 1 is 0.973 bits per heavy atom. The molecule has 37 heavy (non-hydrogen) atoms. The zero-order chi connectivity index (χ0) is 26.8. The van der Waals surface area contributed by atoms with Crippen molar-refractivity contribution < 1.29 is 31.4 Å². The lowest BCUT2D eigenvalue weighted by Crippen LogP contribution is -2.33. The Labute approximate surface area is 207 Å². The number of anilines is 3. The van der Waals surface area contributed by atoms with Crippen molar-refractivity contribution in [2.75, 3.05) is 17.2 Å². The number of aromatic nitrogens is 4. The minimum atomic E-state index is -4.98. The average molecular weight is 529 g/mol. The van der Waals surface area contributed by atoms with Gasteiger partial charge in [-0.05, 0) is 43.9 Å². The molecule has 5 N–H and O–H groups in total. The van der Waals surface area contributed by atoms with Crippen molar-refractivity contribution in [3.05, 3.63) is 47.9 Å². The second-order valence-electron chi connectivity index (χ2n) is 8.85. The molecule has 0 spiro atoms. The van der Waals surface area contributed by atoms with E-state index in [0.717, 1.165) is 25.7 Å². The van der Waals surface area contributed by atoms with E-state index in [0.29, 0.717) is 29.1 Å². The highest BCUT2D eigenvalue weighted by Crippen LogP contribution is 2.38. The first-order valence-corrected chi connectivity index (χ1v) is 11.5. The van der Waals surface area contributed by atoms with E-state index in [1.165, 1.54) is 10.9 Å². The van der Waals surface area contributed by atoms with Crippen LogP contribution in [0.2, 0.25) is 0 Å². The molecular formula is C23H25F6N7O. The summed E-state index contributed by atoms with van der Waals surface area (Å²) in [4.78, 5) is 8.51. The number of nitrogens with one attached hydrogen (secondary N) is 2. The van der Waals surface area contributed by atoms with Gasteiger partial charge in [0.05, 0.1) is 30.5 Å². The summed E-state index contributed by atoms with van der Waals surface area (Å²) in [7, 11) is 0. The third-order valence-electron chi connectivity index (χ3n) is 6.02. The SMILES string of the molecule is N[C@H]1CC[C@H](Nc2nc(Nc3cc(C(F)(F)F)cc(C(F)(F)F)c3)ncc2-c2cnn(CCO)c2)CC1. The van der Waals surface area contributed by atoms with Crippen LogP contribution in [0.5, 0.6) is 0 Å². The number of hydrogen-bond donors (Lipinski definition) is 4. The summed E-state index contributed by atoms with van der Waals surface area (Å²) in [5, 5.41) is 19.1. The van der Waals surface area contributed by atoms with Gasteiger partial charge in [0.2, 0.25) is 5.95 Å². The van der Waals surface area contributed by atoms with E-state index in [1.54, 1.807) is 12.4 Å². The van der Waals surface area contributed by atoms with E-state index < -0.39 is 29.2 Å². The molecule has 1 saturated carbocycles. The highest BCUT2D eigenvalue weighted by molar-refractivity contribution is 5.75. The number of aliphatic hydroxyl groups excluding tert-OH is 1. The summed E-state index contributed by atoms with van der Waals surface area (Å²) in [5.41, 5.74) is 3.78. The van der Waals surface area contributed by atoms with Gasteiger partial charge in [-0.2, -0.15) is 36.4 Å². The zero-order valence-electron chi connectivity index (χ0n) is 19.4. The molecule has 0 radical (unpaired) electrons. The summed E-state index contributed by atoms with van der Waals surface area (Å²) < 4.78 is 81.1. The fourth-order valence-electron chi connectivity index (χ4n) is 4.10. The summed E-state index contributed by atoms with van der Waals surface area (Å²) >= 11 is 0. The molecule has 2 heterocycles. The molecule has 3 aromatic rings. The van der Waals surface area contributed by atoms with E-state index >= 15 is 0 Å². The van der Waals surface area contributed by atoms with E-state index in [-0.39, 0.29) is 37.3 Å². The first kappa shape index (κ1) is 26.7. The Kier molecular flexibility index (Phi) is 7.59. The number of alkyl halides is 6. The molecule has 2 aromatic heterocycles. The first-order chi connectivity index (χ1) is 17.4. The maximum atomic E-state index is 13.3. The molecular weight excluding hydrogens is 504 g/mol. The molecule has 4 rings (SSSR count). The number of rotatable bonds is 7. The Balaban J connectivity index is 1.69. The van der Waals surface area contributed by atoms with Crippen LogP contribution in [0.4, 0.5) is 43.8 Å². The van der Waals surface area contributed by atoms with Gasteiger partial charge in [-0.25, -0.2) is 4.98 Å². The van der Waals surface area contributed by atoms with Crippen molar-refractivity contribution in [3.63, 3.8) is 0 Å². The largest absolute Gasteiger partial charge is 0.416 e. The molecule has 1 aromatic carbocycles. The van der Waals surface area contributed by atoms with Crippen LogP contribution in [-0.2, 0) is 18.9 Å². The van der Waals surface area contributed by atoms with E-state index in [4.69, 9.17) is 10.8 Å². The van der Waals surface area contributed by atoms with Gasteiger partial charge in [0.15, 0.2) is 0 Å². The summed E-state index contributed by atoms with van der Waals surface area (Å²) in [5.74, 6) is 0.151. The number of nitrogens with two attached hydrogens (primary N) is 1. The number of hydrogen-bond acceptors (Lipinski definition) is 7. The van der Waals surface area contributed by atoms with Gasteiger partial charge >= 0.3 is 12.4 Å². The molecule has 0 atom stereocenters. The van der Waals surface area contributed by atoms with Gasteiger partial charge in [0, 0.05) is 41.3 Å². The average Bonchev–Trinajstić information content (AvgIpc) is 3.28. The number of benzene rings is 1. The molecule has 0 aliphatic heterocycles. The van der Waals surface area contributed by atoms with Gasteiger partial charge in [-0.1, -0.05) is 0 Å². The van der Waals surface area contributed by atoms with Crippen LogP contribution in [-0.4, -0.2) is 43.5 Å². The second kappa shape index (κ2) is 10.5. The van der Waals surface area contributed by atoms with Crippen LogP contribution in [0.25, 0.3) is 11.1 Å². The molecule has 200 valence electrons. The third-order valence-corrected chi connectivity index (χ3v) is 6.02. The Bertz CT molecular complexity index is 1190. The Morgan fingerprint density at radius 3 is 2.22 bits per heavy atom. The maximum absolute atomic E-state index is 13.3. The summed E-state index contributed by atoms with van der Waals surface area (Å²) in [6.45, 7) is 0.145. The van der Waals surface area contributed by atoms with Crippen molar-refractivity contribution in [2.24, 2.45) is 5.73 Å². The minimum absolute atomic E-state index is 0.0131. The molecule has 0 bridgehead atoms. The summed E-state index contributed by atoms with van der Waals surface area (Å²) in [6.07, 6.45) is -2.22. The van der Waals surface area contributed by atoms with Crippen molar-refractivity contribution in [1.29, 1.82) is 0 Å². The monoisotopic (exact) mass is 529 g/mol. The fourth-order valence-corrected chi connectivity index (χ4v) is 4.10. The van der Waals surface area contributed by atoms with E-state index in [2.05, 4.69) is 25.7 Å². The second-order valence-corrected chi connectivity index (χ2v) is 8.85. The van der Waals surface area contributed by atoms with Crippen LogP contribution in [0.3, 0.4) is 0 Å². The standard InChI is InChI=1S/C23H25F6N7O/c24-22(25,26)14-7-15(23(27,28)29)9-18(8-14)34-21-31-11-19(13-10-32-36(12-13)5-6-37)20(35-21)33-17-3-1-16(30)2-4-17/h7-12,16-17,37H,1-6,30H2,(H2,31,33,34,35)/t16-,17-. The van der Waals surface area contributed by atoms with Gasteiger partial charge in [0.1, 0.15) is 5.82 Å². The minimum Gasteiger partial charge on any atom is -0.394 e. The van der Waals surface area contributed by atoms with Gasteiger partial charge in [-0.15, -0.1) is 0 Å². The number of halogens is 6. The number of nitrogens with zero attached hydrogens (tertiary/aromatic N) is 4. The van der Waals surface area contributed by atoms with Crippen LogP contribution in [0.1, 0.15) is 36.8 Å². The van der Waals surface area contributed by atoms with Crippen molar-refractivity contribution >= 4 is 17.5 Å². The molecule has 0 unspecified atom stereocenters. The van der Waals surface area contributed by atoms with E-state index in [9.17, 15) is 26.3 Å². The molecule has 1 aliphatic carbocycles. The quantitative estimate of drug-likeness (QED) is 0.325. The highest BCUT2D eigenvalue weighted by Gasteiger charge is 2.37. The normalized spacial score (nSPS) is 18.6. The molecule has 8 nitrogen and oxygen atoms in total. The predicted octanol–water partition coefficient (Wildman–Crippen LogP) is 4.80. The number of aliphatic hydroxyl groups is 1. The molecule has 1 aliphatic rings. The highest BCUT2D eigenvalue weighted by atomic mass is 19.4. The fraction of sp³-hybridized carbons (Fsp3) is 0.435. The van der Waals surface area contributed by atoms with Gasteiger partial charge in [-0.3, -0.25) is 4.68 Å². The van der Waals surface area contributed by atoms with Crippen molar-refractivity contribution in [2.45, 2.75) is 56.7 Å². The van der Waals surface area contributed by atoms with Crippen molar-refractivity contribution in [3.8, 4) is 11.1 Å². The van der Waals surface area contributed by atoms with Gasteiger partial charge in [0.25, 0.3) is 0 Å². The van der Waals surface area contributed by atoms with E-state index in [1.807, 2.05) is 0 Å². The molecule has 0 amide bonds. The Morgan fingerprint density at radius 2 is 1.62 bits per heavy atom.